The molecule has 0 aliphatic carbocycles. The molecule has 1 heterocycles. The van der Waals surface area contributed by atoms with Gasteiger partial charge < -0.3 is 5.32 Å². The van der Waals surface area contributed by atoms with Gasteiger partial charge in [-0.2, -0.15) is 0 Å². The quantitative estimate of drug-likeness (QED) is 0.900. The van der Waals surface area contributed by atoms with Gasteiger partial charge >= 0.3 is 0 Å². The van der Waals surface area contributed by atoms with Gasteiger partial charge in [-0.3, -0.25) is 0 Å². The second-order valence-corrected chi connectivity index (χ2v) is 4.87. The van der Waals surface area contributed by atoms with Crippen LogP contribution in [0.4, 0.5) is 14.6 Å². The smallest absolute Gasteiger partial charge is 0.159 e. The minimum atomic E-state index is -0.868. The molecule has 0 aliphatic rings. The second kappa shape index (κ2) is 6.61. The van der Waals surface area contributed by atoms with Gasteiger partial charge in [-0.25, -0.2) is 18.7 Å². The molecular formula is C16H19F2N3. The van der Waals surface area contributed by atoms with Crippen molar-refractivity contribution in [2.75, 3.05) is 11.9 Å². The topological polar surface area (TPSA) is 37.8 Å². The van der Waals surface area contributed by atoms with E-state index in [2.05, 4.69) is 15.3 Å². The van der Waals surface area contributed by atoms with E-state index in [9.17, 15) is 8.78 Å². The maximum absolute atomic E-state index is 13.5. The molecule has 1 N–H and O–H groups in total. The predicted octanol–water partition coefficient (Wildman–Crippen LogP) is 4.11. The molecular weight excluding hydrogens is 272 g/mol. The van der Waals surface area contributed by atoms with Gasteiger partial charge in [0.05, 0.1) is 5.69 Å². The van der Waals surface area contributed by atoms with Crippen molar-refractivity contribution in [2.45, 2.75) is 33.6 Å². The van der Waals surface area contributed by atoms with Crippen molar-refractivity contribution in [1.82, 2.24) is 9.97 Å². The molecule has 1 aromatic carbocycles. The molecule has 0 atom stereocenters. The number of nitrogens with one attached hydrogen (secondary N) is 1. The lowest BCUT2D eigenvalue weighted by molar-refractivity contribution is 0.509. The van der Waals surface area contributed by atoms with Crippen LogP contribution in [-0.2, 0) is 6.42 Å². The molecule has 21 heavy (non-hydrogen) atoms. The van der Waals surface area contributed by atoms with Gasteiger partial charge in [-0.1, -0.05) is 6.92 Å². The highest BCUT2D eigenvalue weighted by molar-refractivity contribution is 5.68. The van der Waals surface area contributed by atoms with Crippen LogP contribution in [0.1, 0.15) is 31.7 Å². The van der Waals surface area contributed by atoms with Crippen LogP contribution in [0.25, 0.3) is 11.3 Å². The minimum absolute atomic E-state index is 0.560. The van der Waals surface area contributed by atoms with Crippen LogP contribution < -0.4 is 5.32 Å². The summed E-state index contributed by atoms with van der Waals surface area (Å²) in [5.74, 6) is -0.270. The number of rotatable bonds is 5. The molecule has 5 heteroatoms. The number of aryl methyl sites for hydroxylation is 1. The van der Waals surface area contributed by atoms with Gasteiger partial charge in [0.25, 0.3) is 0 Å². The Morgan fingerprint density at radius 2 is 1.86 bits per heavy atom. The van der Waals surface area contributed by atoms with Crippen LogP contribution >= 0.6 is 0 Å². The highest BCUT2D eigenvalue weighted by atomic mass is 19.2. The number of aromatic nitrogens is 2. The molecule has 0 fully saturated rings. The highest BCUT2D eigenvalue weighted by Gasteiger charge is 2.13. The normalized spacial score (nSPS) is 10.7. The van der Waals surface area contributed by atoms with Crippen LogP contribution in [0.2, 0.25) is 0 Å². The summed E-state index contributed by atoms with van der Waals surface area (Å²) in [4.78, 5) is 8.99. The maximum Gasteiger partial charge on any atom is 0.159 e. The zero-order chi connectivity index (χ0) is 15.4. The summed E-state index contributed by atoms with van der Waals surface area (Å²) in [6.07, 6.45) is 1.67. The Balaban J connectivity index is 2.56. The molecule has 3 nitrogen and oxygen atoms in total. The number of anilines is 1. The van der Waals surface area contributed by atoms with Crippen molar-refractivity contribution in [3.8, 4) is 11.3 Å². The van der Waals surface area contributed by atoms with E-state index in [1.54, 1.807) is 6.07 Å². The molecule has 0 bridgehead atoms. The van der Waals surface area contributed by atoms with E-state index in [0.717, 1.165) is 36.8 Å². The third kappa shape index (κ3) is 3.35. The summed E-state index contributed by atoms with van der Waals surface area (Å²) in [5, 5.41) is 3.19. The summed E-state index contributed by atoms with van der Waals surface area (Å²) < 4.78 is 26.6. The van der Waals surface area contributed by atoms with Gasteiger partial charge in [-0.05, 0) is 38.5 Å². The summed E-state index contributed by atoms with van der Waals surface area (Å²) in [5.41, 5.74) is 2.04. The fraction of sp³-hybridized carbons (Fsp3) is 0.375. The summed E-state index contributed by atoms with van der Waals surface area (Å²) >= 11 is 0. The van der Waals surface area contributed by atoms with Gasteiger partial charge in [0.2, 0.25) is 0 Å². The molecule has 0 unspecified atom stereocenters. The zero-order valence-electron chi connectivity index (χ0n) is 12.5. The number of nitrogens with zero attached hydrogens (tertiary/aromatic N) is 2. The first-order valence-corrected chi connectivity index (χ1v) is 7.13. The van der Waals surface area contributed by atoms with Crippen LogP contribution in [0.5, 0.6) is 0 Å². The molecule has 0 aliphatic heterocycles. The monoisotopic (exact) mass is 291 g/mol. The SMILES string of the molecule is CCCc1nc(NCC)c(C)c(-c2ccc(F)c(F)c2)n1. The molecule has 2 rings (SSSR count). The molecule has 0 amide bonds. The zero-order valence-corrected chi connectivity index (χ0v) is 12.5. The molecule has 0 saturated carbocycles. The lowest BCUT2D eigenvalue weighted by Gasteiger charge is -2.13. The van der Waals surface area contributed by atoms with E-state index in [4.69, 9.17) is 0 Å². The number of hydrogen-bond donors (Lipinski definition) is 1. The van der Waals surface area contributed by atoms with E-state index in [1.807, 2.05) is 20.8 Å². The number of hydrogen-bond acceptors (Lipinski definition) is 3. The average molecular weight is 291 g/mol. The third-order valence-electron chi connectivity index (χ3n) is 3.20. The Bertz CT molecular complexity index is 642. The van der Waals surface area contributed by atoms with Gasteiger partial charge in [0, 0.05) is 24.1 Å². The fourth-order valence-electron chi connectivity index (χ4n) is 2.16. The summed E-state index contributed by atoms with van der Waals surface area (Å²) in [7, 11) is 0. The molecule has 0 radical (unpaired) electrons. The van der Waals surface area contributed by atoms with Crippen LogP contribution in [0, 0.1) is 18.6 Å². The van der Waals surface area contributed by atoms with Crippen LogP contribution in [-0.4, -0.2) is 16.5 Å². The summed E-state index contributed by atoms with van der Waals surface area (Å²) in [6.45, 7) is 6.65. The molecule has 1 aromatic heterocycles. The standard InChI is InChI=1S/C16H19F2N3/c1-4-6-14-20-15(10(3)16(21-14)19-5-2)11-7-8-12(17)13(18)9-11/h7-9H,4-6H2,1-3H3,(H,19,20,21). The van der Waals surface area contributed by atoms with Crippen molar-refractivity contribution in [1.29, 1.82) is 0 Å². The molecule has 2 aromatic rings. The van der Waals surface area contributed by atoms with Crippen molar-refractivity contribution < 1.29 is 8.78 Å². The largest absolute Gasteiger partial charge is 0.370 e. The first-order chi connectivity index (χ1) is 10.1. The van der Waals surface area contributed by atoms with Gasteiger partial charge in [0.1, 0.15) is 11.6 Å². The van der Waals surface area contributed by atoms with Crippen molar-refractivity contribution in [3.05, 3.63) is 41.2 Å². The van der Waals surface area contributed by atoms with Gasteiger partial charge in [0.15, 0.2) is 11.6 Å². The number of benzene rings is 1. The Morgan fingerprint density at radius 3 is 2.48 bits per heavy atom. The van der Waals surface area contributed by atoms with Crippen LogP contribution in [0.15, 0.2) is 18.2 Å². The molecule has 0 saturated heterocycles. The Kier molecular flexibility index (Phi) is 4.83. The molecule has 112 valence electrons. The number of halogens is 2. The minimum Gasteiger partial charge on any atom is -0.370 e. The van der Waals surface area contributed by atoms with E-state index in [0.29, 0.717) is 17.1 Å². The average Bonchev–Trinajstić information content (AvgIpc) is 2.46. The first-order valence-electron chi connectivity index (χ1n) is 7.13. The van der Waals surface area contributed by atoms with Crippen LogP contribution in [0.3, 0.4) is 0 Å². The first kappa shape index (κ1) is 15.4. The fourth-order valence-corrected chi connectivity index (χ4v) is 2.16. The Labute approximate surface area is 123 Å². The lowest BCUT2D eigenvalue weighted by atomic mass is 10.1. The lowest BCUT2D eigenvalue weighted by Crippen LogP contribution is -2.08. The summed E-state index contributed by atoms with van der Waals surface area (Å²) in [6, 6.07) is 3.84. The van der Waals surface area contributed by atoms with E-state index < -0.39 is 11.6 Å². The maximum atomic E-state index is 13.5. The van der Waals surface area contributed by atoms with Gasteiger partial charge in [-0.15, -0.1) is 0 Å². The van der Waals surface area contributed by atoms with E-state index >= 15 is 0 Å². The van der Waals surface area contributed by atoms with E-state index in [-0.39, 0.29) is 0 Å². The third-order valence-corrected chi connectivity index (χ3v) is 3.20. The second-order valence-electron chi connectivity index (χ2n) is 4.87. The molecule has 0 spiro atoms. The van der Waals surface area contributed by atoms with E-state index in [1.165, 1.54) is 6.07 Å². The van der Waals surface area contributed by atoms with Crippen molar-refractivity contribution >= 4 is 5.82 Å². The Morgan fingerprint density at radius 1 is 1.10 bits per heavy atom. The van der Waals surface area contributed by atoms with Crippen molar-refractivity contribution in [3.63, 3.8) is 0 Å². The highest BCUT2D eigenvalue weighted by Crippen LogP contribution is 2.27. The van der Waals surface area contributed by atoms with Crippen molar-refractivity contribution in [2.24, 2.45) is 0 Å². The predicted molar refractivity (Wildman–Crippen MR) is 80.3 cm³/mol. The Hall–Kier alpha value is -2.04.